The second-order valence-corrected chi connectivity index (χ2v) is 7.21. The SMILES string of the molecule is CCOc1ccccc1CCCN1CC2(CCNCC2)CCC1=O. The molecule has 1 spiro atoms. The van der Waals surface area contributed by atoms with Crippen molar-refractivity contribution < 1.29 is 9.53 Å². The van der Waals surface area contributed by atoms with Gasteiger partial charge >= 0.3 is 0 Å². The summed E-state index contributed by atoms with van der Waals surface area (Å²) >= 11 is 0. The smallest absolute Gasteiger partial charge is 0.222 e. The lowest BCUT2D eigenvalue weighted by molar-refractivity contribution is -0.138. The minimum absolute atomic E-state index is 0.345. The van der Waals surface area contributed by atoms with Crippen molar-refractivity contribution in [3.05, 3.63) is 29.8 Å². The Bertz CT molecular complexity index is 552. The molecule has 0 radical (unpaired) electrons. The zero-order valence-electron chi connectivity index (χ0n) is 14.9. The fraction of sp³-hybridized carbons (Fsp3) is 0.650. The number of benzene rings is 1. The first-order valence-corrected chi connectivity index (χ1v) is 9.42. The van der Waals surface area contributed by atoms with Gasteiger partial charge in [-0.05, 0) is 69.2 Å². The standard InChI is InChI=1S/C20H30N2O2/c1-2-24-18-8-4-3-6-17(18)7-5-15-22-16-20(10-9-19(22)23)11-13-21-14-12-20/h3-4,6,8,21H,2,5,7,9-16H2,1H3. The maximum Gasteiger partial charge on any atom is 0.222 e. The van der Waals surface area contributed by atoms with E-state index in [2.05, 4.69) is 22.3 Å². The second kappa shape index (κ2) is 8.02. The molecule has 4 nitrogen and oxygen atoms in total. The van der Waals surface area contributed by atoms with Gasteiger partial charge in [-0.15, -0.1) is 0 Å². The van der Waals surface area contributed by atoms with Gasteiger partial charge < -0.3 is 15.0 Å². The number of carbonyl (C=O) groups is 1. The minimum atomic E-state index is 0.345. The molecule has 0 aliphatic carbocycles. The average Bonchev–Trinajstić information content (AvgIpc) is 2.61. The Labute approximate surface area is 145 Å². The van der Waals surface area contributed by atoms with Crippen molar-refractivity contribution in [2.24, 2.45) is 5.41 Å². The molecule has 2 saturated heterocycles. The monoisotopic (exact) mass is 330 g/mol. The van der Waals surface area contributed by atoms with Crippen LogP contribution in [0.4, 0.5) is 0 Å². The number of hydrogen-bond donors (Lipinski definition) is 1. The molecule has 0 unspecified atom stereocenters. The van der Waals surface area contributed by atoms with Crippen LogP contribution < -0.4 is 10.1 Å². The molecule has 2 aliphatic heterocycles. The number of aryl methyl sites for hydroxylation is 1. The van der Waals surface area contributed by atoms with Crippen LogP contribution in [0.15, 0.2) is 24.3 Å². The van der Waals surface area contributed by atoms with Gasteiger partial charge in [0.1, 0.15) is 5.75 Å². The van der Waals surface area contributed by atoms with Crippen LogP contribution in [-0.2, 0) is 11.2 Å². The van der Waals surface area contributed by atoms with Crippen LogP contribution in [0.3, 0.4) is 0 Å². The van der Waals surface area contributed by atoms with E-state index in [1.54, 1.807) is 0 Å². The zero-order valence-corrected chi connectivity index (χ0v) is 14.9. The Hall–Kier alpha value is -1.55. The third-order valence-electron chi connectivity index (χ3n) is 5.56. The molecule has 0 atom stereocenters. The first-order chi connectivity index (χ1) is 11.7. The van der Waals surface area contributed by atoms with Crippen LogP contribution in [0, 0.1) is 5.41 Å². The number of rotatable bonds is 6. The Balaban J connectivity index is 1.54. The molecule has 24 heavy (non-hydrogen) atoms. The third-order valence-corrected chi connectivity index (χ3v) is 5.56. The van der Waals surface area contributed by atoms with Crippen LogP contribution in [0.25, 0.3) is 0 Å². The van der Waals surface area contributed by atoms with Gasteiger partial charge in [0.15, 0.2) is 0 Å². The van der Waals surface area contributed by atoms with E-state index in [-0.39, 0.29) is 0 Å². The number of nitrogens with one attached hydrogen (secondary N) is 1. The number of likely N-dealkylation sites (tertiary alicyclic amines) is 1. The zero-order chi connectivity index (χ0) is 16.8. The summed E-state index contributed by atoms with van der Waals surface area (Å²) in [6.07, 6.45) is 6.21. The van der Waals surface area contributed by atoms with Gasteiger partial charge in [-0.2, -0.15) is 0 Å². The summed E-state index contributed by atoms with van der Waals surface area (Å²) in [5.74, 6) is 1.33. The number of nitrogens with zero attached hydrogens (tertiary/aromatic N) is 1. The Morgan fingerprint density at radius 1 is 1.21 bits per heavy atom. The molecular formula is C20H30N2O2. The van der Waals surface area contributed by atoms with Gasteiger partial charge in [-0.25, -0.2) is 0 Å². The van der Waals surface area contributed by atoms with Crippen molar-refractivity contribution in [3.8, 4) is 5.75 Å². The molecule has 2 aliphatic rings. The first kappa shape index (κ1) is 17.3. The van der Waals surface area contributed by atoms with Crippen molar-refractivity contribution >= 4 is 5.91 Å². The maximum atomic E-state index is 12.3. The fourth-order valence-electron chi connectivity index (χ4n) is 4.14. The van der Waals surface area contributed by atoms with Crippen molar-refractivity contribution in [2.45, 2.75) is 45.4 Å². The summed E-state index contributed by atoms with van der Waals surface area (Å²) in [6.45, 7) is 6.74. The molecule has 2 heterocycles. The van der Waals surface area contributed by atoms with E-state index in [9.17, 15) is 4.79 Å². The van der Waals surface area contributed by atoms with Gasteiger partial charge in [-0.1, -0.05) is 18.2 Å². The van der Waals surface area contributed by atoms with Crippen LogP contribution >= 0.6 is 0 Å². The summed E-state index contributed by atoms with van der Waals surface area (Å²) in [7, 11) is 0. The Morgan fingerprint density at radius 2 is 2.00 bits per heavy atom. The molecule has 1 amide bonds. The average molecular weight is 330 g/mol. The van der Waals surface area contributed by atoms with Gasteiger partial charge in [-0.3, -0.25) is 4.79 Å². The van der Waals surface area contributed by atoms with Crippen LogP contribution in [-0.4, -0.2) is 43.6 Å². The summed E-state index contributed by atoms with van der Waals surface area (Å²) in [5.41, 5.74) is 1.63. The Kier molecular flexibility index (Phi) is 5.77. The summed E-state index contributed by atoms with van der Waals surface area (Å²) in [4.78, 5) is 14.4. The predicted octanol–water partition coefficient (Wildman–Crippen LogP) is 3.01. The summed E-state index contributed by atoms with van der Waals surface area (Å²) in [6, 6.07) is 8.25. The van der Waals surface area contributed by atoms with Gasteiger partial charge in [0.2, 0.25) is 5.91 Å². The number of hydrogen-bond acceptors (Lipinski definition) is 3. The number of para-hydroxylation sites is 1. The number of ether oxygens (including phenoxy) is 1. The molecule has 3 rings (SSSR count). The highest BCUT2D eigenvalue weighted by atomic mass is 16.5. The van der Waals surface area contributed by atoms with E-state index in [1.807, 2.05) is 19.1 Å². The van der Waals surface area contributed by atoms with Crippen molar-refractivity contribution in [1.82, 2.24) is 10.2 Å². The largest absolute Gasteiger partial charge is 0.494 e. The summed E-state index contributed by atoms with van der Waals surface area (Å²) < 4.78 is 5.70. The lowest BCUT2D eigenvalue weighted by Crippen LogP contribution is -2.50. The first-order valence-electron chi connectivity index (χ1n) is 9.42. The van der Waals surface area contributed by atoms with Gasteiger partial charge in [0.25, 0.3) is 0 Å². The normalized spacial score (nSPS) is 20.4. The topological polar surface area (TPSA) is 41.6 Å². The van der Waals surface area contributed by atoms with Crippen molar-refractivity contribution in [3.63, 3.8) is 0 Å². The van der Waals surface area contributed by atoms with Crippen molar-refractivity contribution in [2.75, 3.05) is 32.8 Å². The second-order valence-electron chi connectivity index (χ2n) is 7.21. The third kappa shape index (κ3) is 4.10. The number of amides is 1. The quantitative estimate of drug-likeness (QED) is 0.872. The highest BCUT2D eigenvalue weighted by Crippen LogP contribution is 2.38. The van der Waals surface area contributed by atoms with Crippen LogP contribution in [0.5, 0.6) is 5.75 Å². The predicted molar refractivity (Wildman–Crippen MR) is 96.3 cm³/mol. The van der Waals surface area contributed by atoms with E-state index in [4.69, 9.17) is 4.74 Å². The molecule has 2 fully saturated rings. The molecular weight excluding hydrogens is 300 g/mol. The molecule has 0 saturated carbocycles. The number of piperidine rings is 2. The van der Waals surface area contributed by atoms with Gasteiger partial charge in [0, 0.05) is 19.5 Å². The molecule has 4 heteroatoms. The highest BCUT2D eigenvalue weighted by molar-refractivity contribution is 5.77. The molecule has 1 aromatic rings. The molecule has 1 aromatic carbocycles. The maximum absolute atomic E-state index is 12.3. The van der Waals surface area contributed by atoms with Crippen LogP contribution in [0.1, 0.15) is 44.6 Å². The molecule has 0 aromatic heterocycles. The van der Waals surface area contributed by atoms with E-state index in [0.29, 0.717) is 17.9 Å². The minimum Gasteiger partial charge on any atom is -0.494 e. The lowest BCUT2D eigenvalue weighted by atomic mass is 9.72. The van der Waals surface area contributed by atoms with E-state index >= 15 is 0 Å². The Morgan fingerprint density at radius 3 is 2.79 bits per heavy atom. The molecule has 1 N–H and O–H groups in total. The van der Waals surface area contributed by atoms with E-state index in [1.165, 1.54) is 18.4 Å². The van der Waals surface area contributed by atoms with Crippen LogP contribution in [0.2, 0.25) is 0 Å². The van der Waals surface area contributed by atoms with Crippen molar-refractivity contribution in [1.29, 1.82) is 0 Å². The lowest BCUT2D eigenvalue weighted by Gasteiger charge is -2.45. The number of carbonyl (C=O) groups excluding carboxylic acids is 1. The summed E-state index contributed by atoms with van der Waals surface area (Å²) in [5, 5.41) is 3.45. The highest BCUT2D eigenvalue weighted by Gasteiger charge is 2.39. The molecule has 132 valence electrons. The van der Waals surface area contributed by atoms with Gasteiger partial charge in [0.05, 0.1) is 6.61 Å². The fourth-order valence-corrected chi connectivity index (χ4v) is 4.14. The van der Waals surface area contributed by atoms with E-state index in [0.717, 1.165) is 57.6 Å². The van der Waals surface area contributed by atoms with E-state index < -0.39 is 0 Å². The molecule has 0 bridgehead atoms.